The minimum atomic E-state index is 0.0631. The maximum atomic E-state index is 12.2. The van der Waals surface area contributed by atoms with Crippen LogP contribution in [0.1, 0.15) is 16.1 Å². The molecule has 0 spiro atoms. The highest BCUT2D eigenvalue weighted by Gasteiger charge is 2.38. The van der Waals surface area contributed by atoms with E-state index in [2.05, 4.69) is 10.5 Å². The van der Waals surface area contributed by atoms with E-state index in [1.165, 1.54) is 6.20 Å². The van der Waals surface area contributed by atoms with E-state index in [1.54, 1.807) is 6.92 Å². The number of carbonyl (C=O) groups excluding carboxylic acids is 1. The summed E-state index contributed by atoms with van der Waals surface area (Å²) < 4.78 is 4.93. The van der Waals surface area contributed by atoms with Gasteiger partial charge in [-0.2, -0.15) is 0 Å². The standard InChI is InChI=1S/C11H15N3O2/c1-7-10(4-13-16-7)11(15)14-5-8-2-12-3-9(8)6-14/h4,8-9,12H,2-3,5-6H2,1H3/t8-,9+. The Balaban J connectivity index is 1.75. The average Bonchev–Trinajstić information content (AvgIpc) is 2.89. The Hall–Kier alpha value is -1.36. The molecule has 0 aliphatic carbocycles. The third kappa shape index (κ3) is 1.43. The molecule has 3 rings (SSSR count). The van der Waals surface area contributed by atoms with Gasteiger partial charge < -0.3 is 14.7 Å². The third-order valence-electron chi connectivity index (χ3n) is 3.66. The highest BCUT2D eigenvalue weighted by Crippen LogP contribution is 2.27. The molecule has 2 atom stereocenters. The van der Waals surface area contributed by atoms with Crippen LogP contribution in [0.4, 0.5) is 0 Å². The molecule has 0 saturated carbocycles. The van der Waals surface area contributed by atoms with Gasteiger partial charge in [-0.25, -0.2) is 0 Å². The number of nitrogens with zero attached hydrogens (tertiary/aromatic N) is 2. The third-order valence-corrected chi connectivity index (χ3v) is 3.66. The van der Waals surface area contributed by atoms with Crippen LogP contribution in [0.3, 0.4) is 0 Å². The number of rotatable bonds is 1. The quantitative estimate of drug-likeness (QED) is 0.739. The first-order valence-corrected chi connectivity index (χ1v) is 5.67. The number of nitrogens with one attached hydrogen (secondary N) is 1. The van der Waals surface area contributed by atoms with E-state index in [0.717, 1.165) is 26.2 Å². The molecule has 0 unspecified atom stereocenters. The first-order chi connectivity index (χ1) is 7.75. The predicted octanol–water partition coefficient (Wildman–Crippen LogP) is 0.274. The molecular formula is C11H15N3O2. The summed E-state index contributed by atoms with van der Waals surface area (Å²) in [5.74, 6) is 1.93. The number of aryl methyl sites for hydroxylation is 1. The number of carbonyl (C=O) groups is 1. The van der Waals surface area contributed by atoms with E-state index in [4.69, 9.17) is 4.52 Å². The lowest BCUT2D eigenvalue weighted by molar-refractivity contribution is 0.0780. The zero-order valence-corrected chi connectivity index (χ0v) is 9.27. The molecule has 1 amide bonds. The fraction of sp³-hybridized carbons (Fsp3) is 0.636. The SMILES string of the molecule is Cc1oncc1C(=O)N1C[C@H]2CNC[C@H]2C1. The maximum Gasteiger partial charge on any atom is 0.259 e. The Morgan fingerprint density at radius 2 is 2.19 bits per heavy atom. The minimum absolute atomic E-state index is 0.0631. The van der Waals surface area contributed by atoms with Crippen molar-refractivity contribution in [2.24, 2.45) is 11.8 Å². The minimum Gasteiger partial charge on any atom is -0.361 e. The molecule has 0 aromatic carbocycles. The van der Waals surface area contributed by atoms with Gasteiger partial charge >= 0.3 is 0 Å². The van der Waals surface area contributed by atoms with Gasteiger partial charge in [-0.05, 0) is 18.8 Å². The smallest absolute Gasteiger partial charge is 0.259 e. The van der Waals surface area contributed by atoms with E-state index in [1.807, 2.05) is 4.90 Å². The molecule has 3 heterocycles. The van der Waals surface area contributed by atoms with Gasteiger partial charge in [0.15, 0.2) is 0 Å². The number of aromatic nitrogens is 1. The van der Waals surface area contributed by atoms with Crippen LogP contribution in [-0.4, -0.2) is 42.1 Å². The van der Waals surface area contributed by atoms with Crippen molar-refractivity contribution >= 4 is 5.91 Å². The molecule has 2 aliphatic heterocycles. The second kappa shape index (κ2) is 3.59. The lowest BCUT2D eigenvalue weighted by Crippen LogP contribution is -2.31. The van der Waals surface area contributed by atoms with Crippen molar-refractivity contribution in [3.8, 4) is 0 Å². The van der Waals surface area contributed by atoms with Gasteiger partial charge in [-0.15, -0.1) is 0 Å². The molecule has 1 N–H and O–H groups in total. The van der Waals surface area contributed by atoms with E-state index in [-0.39, 0.29) is 5.91 Å². The van der Waals surface area contributed by atoms with Crippen molar-refractivity contribution in [1.82, 2.24) is 15.4 Å². The van der Waals surface area contributed by atoms with Crippen molar-refractivity contribution in [2.75, 3.05) is 26.2 Å². The molecule has 86 valence electrons. The Bertz CT molecular complexity index is 403. The number of fused-ring (bicyclic) bond motifs is 1. The molecule has 2 saturated heterocycles. The normalized spacial score (nSPS) is 28.4. The molecule has 0 radical (unpaired) electrons. The molecule has 2 fully saturated rings. The van der Waals surface area contributed by atoms with E-state index < -0.39 is 0 Å². The van der Waals surface area contributed by atoms with Gasteiger partial charge in [0.05, 0.1) is 6.20 Å². The lowest BCUT2D eigenvalue weighted by atomic mass is 10.0. The molecule has 16 heavy (non-hydrogen) atoms. The Kier molecular flexibility index (Phi) is 2.21. The molecule has 5 nitrogen and oxygen atoms in total. The Morgan fingerprint density at radius 1 is 1.50 bits per heavy atom. The van der Waals surface area contributed by atoms with Crippen LogP contribution in [0, 0.1) is 18.8 Å². The molecule has 2 aliphatic rings. The summed E-state index contributed by atoms with van der Waals surface area (Å²) in [7, 11) is 0. The van der Waals surface area contributed by atoms with Crippen molar-refractivity contribution in [1.29, 1.82) is 0 Å². The van der Waals surface area contributed by atoms with Crippen molar-refractivity contribution in [2.45, 2.75) is 6.92 Å². The summed E-state index contributed by atoms with van der Waals surface area (Å²) >= 11 is 0. The topological polar surface area (TPSA) is 58.4 Å². The van der Waals surface area contributed by atoms with Gasteiger partial charge in [0.1, 0.15) is 11.3 Å². The summed E-state index contributed by atoms with van der Waals surface area (Å²) in [5, 5.41) is 7.01. The monoisotopic (exact) mass is 221 g/mol. The van der Waals surface area contributed by atoms with Crippen LogP contribution in [0.25, 0.3) is 0 Å². The first kappa shape index (κ1) is 9.84. The second-order valence-electron chi connectivity index (χ2n) is 4.68. The predicted molar refractivity (Wildman–Crippen MR) is 57.0 cm³/mol. The maximum absolute atomic E-state index is 12.2. The van der Waals surface area contributed by atoms with Crippen LogP contribution < -0.4 is 5.32 Å². The fourth-order valence-corrected chi connectivity index (χ4v) is 2.70. The van der Waals surface area contributed by atoms with E-state index >= 15 is 0 Å². The highest BCUT2D eigenvalue weighted by molar-refractivity contribution is 5.95. The number of hydrogen-bond donors (Lipinski definition) is 1. The average molecular weight is 221 g/mol. The lowest BCUT2D eigenvalue weighted by Gasteiger charge is -2.16. The summed E-state index contributed by atoms with van der Waals surface area (Å²) in [5.41, 5.74) is 0.605. The van der Waals surface area contributed by atoms with Gasteiger partial charge in [0, 0.05) is 26.2 Å². The van der Waals surface area contributed by atoms with Crippen LogP contribution >= 0.6 is 0 Å². The summed E-state index contributed by atoms with van der Waals surface area (Å²) in [6.07, 6.45) is 1.52. The highest BCUT2D eigenvalue weighted by atomic mass is 16.5. The van der Waals surface area contributed by atoms with Crippen LogP contribution in [0.2, 0.25) is 0 Å². The fourth-order valence-electron chi connectivity index (χ4n) is 2.70. The molecule has 1 aromatic rings. The zero-order valence-electron chi connectivity index (χ0n) is 9.27. The number of likely N-dealkylation sites (tertiary alicyclic amines) is 1. The second-order valence-corrected chi connectivity index (χ2v) is 4.68. The zero-order chi connectivity index (χ0) is 11.1. The number of hydrogen-bond acceptors (Lipinski definition) is 4. The molecular weight excluding hydrogens is 206 g/mol. The Morgan fingerprint density at radius 3 is 2.75 bits per heavy atom. The van der Waals surface area contributed by atoms with Crippen molar-refractivity contribution in [3.63, 3.8) is 0 Å². The van der Waals surface area contributed by atoms with Gasteiger partial charge in [0.25, 0.3) is 5.91 Å². The van der Waals surface area contributed by atoms with Gasteiger partial charge in [0.2, 0.25) is 0 Å². The first-order valence-electron chi connectivity index (χ1n) is 5.67. The number of amides is 1. The van der Waals surface area contributed by atoms with Gasteiger partial charge in [-0.1, -0.05) is 5.16 Å². The summed E-state index contributed by atoms with van der Waals surface area (Å²) in [6, 6.07) is 0. The van der Waals surface area contributed by atoms with Crippen LogP contribution in [0.5, 0.6) is 0 Å². The molecule has 1 aromatic heterocycles. The molecule has 0 bridgehead atoms. The summed E-state index contributed by atoms with van der Waals surface area (Å²) in [6.45, 7) is 5.58. The summed E-state index contributed by atoms with van der Waals surface area (Å²) in [4.78, 5) is 14.1. The van der Waals surface area contributed by atoms with Gasteiger partial charge in [-0.3, -0.25) is 4.79 Å². The van der Waals surface area contributed by atoms with E-state index in [9.17, 15) is 4.79 Å². The van der Waals surface area contributed by atoms with Crippen molar-refractivity contribution < 1.29 is 9.32 Å². The largest absolute Gasteiger partial charge is 0.361 e. The van der Waals surface area contributed by atoms with E-state index in [0.29, 0.717) is 23.2 Å². The van der Waals surface area contributed by atoms with Crippen LogP contribution in [0.15, 0.2) is 10.7 Å². The Labute approximate surface area is 93.8 Å². The van der Waals surface area contributed by atoms with Crippen molar-refractivity contribution in [3.05, 3.63) is 17.5 Å². The molecule has 5 heteroatoms. The van der Waals surface area contributed by atoms with Crippen LogP contribution in [-0.2, 0) is 0 Å².